The van der Waals surface area contributed by atoms with Crippen LogP contribution in [0.2, 0.25) is 0 Å². The number of ether oxygens (including phenoxy) is 1. The second kappa shape index (κ2) is 8.64. The second-order valence-electron chi connectivity index (χ2n) is 7.57. The van der Waals surface area contributed by atoms with Crippen LogP contribution in [0.3, 0.4) is 0 Å². The molecule has 0 aliphatic heterocycles. The summed E-state index contributed by atoms with van der Waals surface area (Å²) in [5, 5.41) is 17.3. The number of aliphatic carboxylic acids is 1. The number of carboxylic acids is 1. The first kappa shape index (κ1) is 24.1. The fourth-order valence-electron chi connectivity index (χ4n) is 3.34. The largest absolute Gasteiger partial charge is 0.484 e. The van der Waals surface area contributed by atoms with E-state index in [0.717, 1.165) is 6.20 Å². The Bertz CT molecular complexity index is 1360. The van der Waals surface area contributed by atoms with Crippen molar-refractivity contribution in [1.29, 1.82) is 0 Å². The van der Waals surface area contributed by atoms with Crippen molar-refractivity contribution < 1.29 is 45.4 Å². The van der Waals surface area contributed by atoms with Crippen LogP contribution in [0.15, 0.2) is 53.3 Å². The summed E-state index contributed by atoms with van der Waals surface area (Å²) in [6, 6.07) is 5.74. The van der Waals surface area contributed by atoms with Crippen LogP contribution in [0.25, 0.3) is 16.7 Å². The molecule has 2 heterocycles. The smallest absolute Gasteiger partial charge is 0.416 e. The molecule has 4 rings (SSSR count). The number of carboxylic acid groups (broad SMARTS) is 1. The Morgan fingerprint density at radius 1 is 1.09 bits per heavy atom. The second-order valence-corrected chi connectivity index (χ2v) is 7.57. The van der Waals surface area contributed by atoms with Crippen LogP contribution < -0.4 is 4.74 Å². The molecule has 1 N–H and O–H groups in total. The van der Waals surface area contributed by atoms with Crippen molar-refractivity contribution in [2.75, 3.05) is 0 Å². The normalized spacial score (nSPS) is 13.2. The van der Waals surface area contributed by atoms with Crippen molar-refractivity contribution in [2.45, 2.75) is 31.8 Å². The summed E-state index contributed by atoms with van der Waals surface area (Å²) in [5.74, 6) is -0.706. The SMILES string of the molecule is C[C@H](Oc1ccc2c(CC(=O)O)coc2c1)c1cnn(-c2cc(C(F)(F)F)cc(C(F)(F)F)c2)n1. The van der Waals surface area contributed by atoms with Gasteiger partial charge in [-0.05, 0) is 37.3 Å². The molecule has 13 heteroatoms. The fourth-order valence-corrected chi connectivity index (χ4v) is 3.34. The van der Waals surface area contributed by atoms with Gasteiger partial charge in [-0.25, -0.2) is 0 Å². The summed E-state index contributed by atoms with van der Waals surface area (Å²) in [7, 11) is 0. The molecule has 0 unspecified atom stereocenters. The zero-order valence-electron chi connectivity index (χ0n) is 17.7. The summed E-state index contributed by atoms with van der Waals surface area (Å²) in [6.07, 6.45) is -8.54. The Morgan fingerprint density at radius 3 is 2.34 bits per heavy atom. The molecule has 7 nitrogen and oxygen atoms in total. The maximum atomic E-state index is 13.1. The van der Waals surface area contributed by atoms with E-state index in [4.69, 9.17) is 14.3 Å². The van der Waals surface area contributed by atoms with Gasteiger partial charge in [-0.1, -0.05) is 0 Å². The number of nitrogens with zero attached hydrogens (tertiary/aromatic N) is 3. The van der Waals surface area contributed by atoms with Gasteiger partial charge < -0.3 is 14.3 Å². The third-order valence-electron chi connectivity index (χ3n) is 5.01. The number of benzene rings is 2. The number of carbonyl (C=O) groups is 1. The van der Waals surface area contributed by atoms with Gasteiger partial charge in [0.1, 0.15) is 23.1 Å². The van der Waals surface area contributed by atoms with Gasteiger partial charge >= 0.3 is 18.3 Å². The molecular formula is C22H15F6N3O4. The lowest BCUT2D eigenvalue weighted by molar-refractivity contribution is -0.143. The van der Waals surface area contributed by atoms with Crippen molar-refractivity contribution in [1.82, 2.24) is 15.0 Å². The first-order valence-corrected chi connectivity index (χ1v) is 9.92. The van der Waals surface area contributed by atoms with Gasteiger partial charge in [0.05, 0.1) is 35.7 Å². The highest BCUT2D eigenvalue weighted by atomic mass is 19.4. The minimum Gasteiger partial charge on any atom is -0.484 e. The fraction of sp³-hybridized carbons (Fsp3) is 0.227. The summed E-state index contributed by atoms with van der Waals surface area (Å²) in [6.45, 7) is 1.56. The van der Waals surface area contributed by atoms with Crippen LogP contribution in [-0.2, 0) is 23.6 Å². The number of aromatic nitrogens is 3. The summed E-state index contributed by atoms with van der Waals surface area (Å²) < 4.78 is 89.9. The summed E-state index contributed by atoms with van der Waals surface area (Å²) in [5.41, 5.74) is -2.50. The van der Waals surface area contributed by atoms with E-state index in [9.17, 15) is 31.1 Å². The van der Waals surface area contributed by atoms with E-state index in [1.54, 1.807) is 19.1 Å². The van der Waals surface area contributed by atoms with Crippen LogP contribution >= 0.6 is 0 Å². The maximum absolute atomic E-state index is 13.1. The van der Waals surface area contributed by atoms with E-state index in [2.05, 4.69) is 10.2 Å². The van der Waals surface area contributed by atoms with Crippen LogP contribution in [-0.4, -0.2) is 26.1 Å². The van der Waals surface area contributed by atoms with Crippen molar-refractivity contribution in [2.24, 2.45) is 0 Å². The van der Waals surface area contributed by atoms with Crippen LogP contribution in [0.4, 0.5) is 26.3 Å². The average Bonchev–Trinajstić information content (AvgIpc) is 3.39. The molecule has 184 valence electrons. The Labute approximate surface area is 192 Å². The lowest BCUT2D eigenvalue weighted by atomic mass is 10.1. The molecular weight excluding hydrogens is 484 g/mol. The minimum atomic E-state index is -5.00. The molecule has 0 aliphatic carbocycles. The van der Waals surface area contributed by atoms with Crippen molar-refractivity contribution in [3.8, 4) is 11.4 Å². The van der Waals surface area contributed by atoms with E-state index in [0.29, 0.717) is 39.2 Å². The summed E-state index contributed by atoms with van der Waals surface area (Å²) >= 11 is 0. The number of rotatable bonds is 6. The third kappa shape index (κ3) is 5.23. The molecule has 0 radical (unpaired) electrons. The van der Waals surface area contributed by atoms with Gasteiger partial charge in [-0.15, -0.1) is 5.10 Å². The van der Waals surface area contributed by atoms with E-state index in [1.165, 1.54) is 12.3 Å². The van der Waals surface area contributed by atoms with E-state index in [1.807, 2.05) is 0 Å². The molecule has 4 aromatic rings. The molecule has 2 aromatic carbocycles. The van der Waals surface area contributed by atoms with Gasteiger partial charge in [-0.3, -0.25) is 4.79 Å². The minimum absolute atomic E-state index is 0.0201. The molecule has 0 fully saturated rings. The van der Waals surface area contributed by atoms with Gasteiger partial charge in [0.25, 0.3) is 0 Å². The van der Waals surface area contributed by atoms with Crippen LogP contribution in [0.1, 0.15) is 35.4 Å². The Balaban J connectivity index is 1.58. The Hall–Kier alpha value is -4.03. The molecule has 1 atom stereocenters. The predicted molar refractivity (Wildman–Crippen MR) is 108 cm³/mol. The number of hydrogen-bond donors (Lipinski definition) is 1. The quantitative estimate of drug-likeness (QED) is 0.337. The third-order valence-corrected chi connectivity index (χ3v) is 5.01. The topological polar surface area (TPSA) is 90.4 Å². The monoisotopic (exact) mass is 499 g/mol. The number of halogens is 6. The molecule has 0 spiro atoms. The zero-order chi connectivity index (χ0) is 25.5. The Kier molecular flexibility index (Phi) is 5.95. The lowest BCUT2D eigenvalue weighted by Gasteiger charge is -2.14. The first-order chi connectivity index (χ1) is 16.3. The van der Waals surface area contributed by atoms with E-state index < -0.39 is 41.2 Å². The number of furan rings is 1. The molecule has 0 saturated heterocycles. The van der Waals surface area contributed by atoms with Crippen molar-refractivity contribution in [3.63, 3.8) is 0 Å². The standard InChI is InChI=1S/C22H15F6N3O4/c1-11(35-16-2-3-17-12(4-20(32)33)10-34-19(17)8-16)18-9-29-31(30-18)15-6-13(21(23,24)25)5-14(7-15)22(26,27)28/h2-3,5-11H,4H2,1H3,(H,32,33)/t11-/m0/s1. The average molecular weight is 499 g/mol. The molecule has 0 saturated carbocycles. The molecule has 0 bridgehead atoms. The van der Waals surface area contributed by atoms with Crippen molar-refractivity contribution in [3.05, 3.63) is 71.2 Å². The van der Waals surface area contributed by atoms with Crippen molar-refractivity contribution >= 4 is 16.9 Å². The number of fused-ring (bicyclic) bond motifs is 1. The van der Waals surface area contributed by atoms with Gasteiger partial charge in [0, 0.05) is 17.0 Å². The molecule has 35 heavy (non-hydrogen) atoms. The summed E-state index contributed by atoms with van der Waals surface area (Å²) in [4.78, 5) is 11.6. The highest BCUT2D eigenvalue weighted by Crippen LogP contribution is 2.37. The Morgan fingerprint density at radius 2 is 1.74 bits per heavy atom. The highest BCUT2D eigenvalue weighted by Gasteiger charge is 2.37. The van der Waals surface area contributed by atoms with Gasteiger partial charge in [0.2, 0.25) is 0 Å². The lowest BCUT2D eigenvalue weighted by Crippen LogP contribution is -2.13. The van der Waals surface area contributed by atoms with Gasteiger partial charge in [-0.2, -0.15) is 36.2 Å². The zero-order valence-corrected chi connectivity index (χ0v) is 17.7. The molecule has 0 aliphatic rings. The molecule has 2 aromatic heterocycles. The predicted octanol–water partition coefficient (Wildman–Crippen LogP) is 5.82. The number of hydrogen-bond acceptors (Lipinski definition) is 5. The number of alkyl halides is 6. The maximum Gasteiger partial charge on any atom is 0.416 e. The van der Waals surface area contributed by atoms with Gasteiger partial charge in [0.15, 0.2) is 0 Å². The molecule has 0 amide bonds. The first-order valence-electron chi connectivity index (χ1n) is 9.92. The van der Waals surface area contributed by atoms with E-state index >= 15 is 0 Å². The van der Waals surface area contributed by atoms with Crippen LogP contribution in [0.5, 0.6) is 5.75 Å². The van der Waals surface area contributed by atoms with Crippen LogP contribution in [0, 0.1) is 0 Å². The van der Waals surface area contributed by atoms with E-state index in [-0.39, 0.29) is 18.2 Å². The highest BCUT2D eigenvalue weighted by molar-refractivity contribution is 5.86.